The number of nitrogens with one attached hydrogen (secondary N) is 1. The van der Waals surface area contributed by atoms with Crippen molar-refractivity contribution in [3.8, 4) is 0 Å². The molecule has 0 saturated carbocycles. The number of allylic oxidation sites excluding steroid dienone is 14. The Morgan fingerprint density at radius 1 is 0.508 bits per heavy atom. The molecule has 0 spiro atoms. The van der Waals surface area contributed by atoms with E-state index in [0.717, 1.165) is 96.3 Å². The van der Waals surface area contributed by atoms with Crippen LogP contribution in [0.5, 0.6) is 0 Å². The first-order valence-electron chi connectivity index (χ1n) is 24.4. The van der Waals surface area contributed by atoms with Crippen molar-refractivity contribution in [2.75, 3.05) is 6.61 Å². The molecule has 0 aliphatic heterocycles. The molecule has 0 aromatic carbocycles. The summed E-state index contributed by atoms with van der Waals surface area (Å²) in [6, 6.07) is -0.720. The second-order valence-corrected chi connectivity index (χ2v) is 16.3. The van der Waals surface area contributed by atoms with Crippen molar-refractivity contribution in [1.82, 2.24) is 5.32 Å². The Labute approximate surface area is 363 Å². The lowest BCUT2D eigenvalue weighted by atomic mass is 10.0. The molecule has 3 atom stereocenters. The van der Waals surface area contributed by atoms with Gasteiger partial charge in [0.1, 0.15) is 6.10 Å². The van der Waals surface area contributed by atoms with Crippen molar-refractivity contribution in [3.05, 3.63) is 85.1 Å². The molecule has 0 heterocycles. The zero-order valence-corrected chi connectivity index (χ0v) is 38.4. The fourth-order valence-electron chi connectivity index (χ4n) is 6.97. The van der Waals surface area contributed by atoms with Crippen LogP contribution in [0, 0.1) is 0 Å². The minimum absolute atomic E-state index is 0.0436. The predicted octanol–water partition coefficient (Wildman–Crippen LogP) is 14.4. The number of amides is 1. The predicted molar refractivity (Wildman–Crippen MR) is 254 cm³/mol. The van der Waals surface area contributed by atoms with E-state index in [4.69, 9.17) is 4.74 Å². The van der Waals surface area contributed by atoms with Gasteiger partial charge in [0, 0.05) is 6.42 Å². The van der Waals surface area contributed by atoms with Crippen molar-refractivity contribution >= 4 is 11.9 Å². The van der Waals surface area contributed by atoms with Gasteiger partial charge in [-0.05, 0) is 64.2 Å². The summed E-state index contributed by atoms with van der Waals surface area (Å²) in [5, 5.41) is 23.7. The second-order valence-electron chi connectivity index (χ2n) is 16.3. The van der Waals surface area contributed by atoms with Gasteiger partial charge in [-0.25, -0.2) is 0 Å². The summed E-state index contributed by atoms with van der Waals surface area (Å²) >= 11 is 0. The Bertz CT molecular complexity index is 1150. The van der Waals surface area contributed by atoms with Crippen LogP contribution in [0.1, 0.15) is 213 Å². The maximum atomic E-state index is 13.2. The first-order chi connectivity index (χ1) is 29.0. The van der Waals surface area contributed by atoms with Crippen LogP contribution in [-0.2, 0) is 14.3 Å². The van der Waals surface area contributed by atoms with E-state index in [2.05, 4.69) is 80.8 Å². The molecule has 0 aromatic heterocycles. The van der Waals surface area contributed by atoms with Crippen LogP contribution in [0.3, 0.4) is 0 Å². The van der Waals surface area contributed by atoms with Crippen molar-refractivity contribution in [2.24, 2.45) is 0 Å². The molecule has 0 radical (unpaired) electrons. The van der Waals surface area contributed by atoms with Gasteiger partial charge < -0.3 is 20.3 Å². The highest BCUT2D eigenvalue weighted by molar-refractivity contribution is 5.77. The van der Waals surface area contributed by atoms with Gasteiger partial charge in [0.05, 0.1) is 25.2 Å². The SMILES string of the molecule is CC/C=C/C=C/C=C\C=C/CCCCCC(=O)OC(CCCCCCC/C=C/C=C/C=C/CC)CC(=O)NC(CO)C(O)CCCCCCCCCCCCCCCC. The molecule has 0 rings (SSSR count). The zero-order valence-electron chi connectivity index (χ0n) is 38.4. The molecule has 0 bridgehead atoms. The molecule has 0 fully saturated rings. The van der Waals surface area contributed by atoms with E-state index < -0.39 is 18.2 Å². The molecular weight excluding hydrogens is 731 g/mol. The van der Waals surface area contributed by atoms with Gasteiger partial charge in [0.15, 0.2) is 0 Å². The fraction of sp³-hybridized carbons (Fsp3) is 0.698. The topological polar surface area (TPSA) is 95.9 Å². The number of esters is 1. The van der Waals surface area contributed by atoms with Gasteiger partial charge in [-0.3, -0.25) is 9.59 Å². The molecule has 6 heteroatoms. The van der Waals surface area contributed by atoms with Crippen molar-refractivity contribution in [1.29, 1.82) is 0 Å². The number of rotatable bonds is 42. The molecule has 0 aliphatic rings. The summed E-state index contributed by atoms with van der Waals surface area (Å²) in [5.74, 6) is -0.547. The Hall–Kier alpha value is -2.96. The van der Waals surface area contributed by atoms with Crippen molar-refractivity contribution in [3.63, 3.8) is 0 Å². The Kier molecular flexibility index (Phi) is 43.8. The number of unbranched alkanes of at least 4 members (excludes halogenated alkanes) is 21. The number of aliphatic hydroxyl groups excluding tert-OH is 2. The van der Waals surface area contributed by atoms with Gasteiger partial charge in [0.2, 0.25) is 5.91 Å². The molecule has 6 nitrogen and oxygen atoms in total. The maximum absolute atomic E-state index is 13.2. The van der Waals surface area contributed by atoms with Crippen LogP contribution in [0.15, 0.2) is 85.1 Å². The lowest BCUT2D eigenvalue weighted by Crippen LogP contribution is -2.46. The number of carbonyl (C=O) groups is 2. The van der Waals surface area contributed by atoms with E-state index in [-0.39, 0.29) is 24.9 Å². The normalized spacial score (nSPS) is 14.1. The number of hydrogen-bond donors (Lipinski definition) is 3. The van der Waals surface area contributed by atoms with Crippen LogP contribution in [0.4, 0.5) is 0 Å². The number of hydrogen-bond acceptors (Lipinski definition) is 5. The van der Waals surface area contributed by atoms with Gasteiger partial charge >= 0.3 is 5.97 Å². The van der Waals surface area contributed by atoms with Crippen LogP contribution < -0.4 is 5.32 Å². The summed E-state index contributed by atoms with van der Waals surface area (Å²) in [6.45, 7) is 6.19. The van der Waals surface area contributed by atoms with Gasteiger partial charge in [-0.1, -0.05) is 221 Å². The first-order valence-corrected chi connectivity index (χ1v) is 24.4. The molecule has 59 heavy (non-hydrogen) atoms. The molecule has 0 aliphatic carbocycles. The zero-order chi connectivity index (χ0) is 43.1. The highest BCUT2D eigenvalue weighted by Gasteiger charge is 2.24. The third kappa shape index (κ3) is 41.6. The number of ether oxygens (including phenoxy) is 1. The third-order valence-corrected chi connectivity index (χ3v) is 10.6. The highest BCUT2D eigenvalue weighted by atomic mass is 16.5. The average Bonchev–Trinajstić information content (AvgIpc) is 3.23. The van der Waals surface area contributed by atoms with Crippen LogP contribution in [0.2, 0.25) is 0 Å². The van der Waals surface area contributed by atoms with E-state index in [0.29, 0.717) is 19.3 Å². The third-order valence-electron chi connectivity index (χ3n) is 10.6. The van der Waals surface area contributed by atoms with Crippen molar-refractivity contribution in [2.45, 2.75) is 232 Å². The lowest BCUT2D eigenvalue weighted by molar-refractivity contribution is -0.151. The summed E-state index contributed by atoms with van der Waals surface area (Å²) in [7, 11) is 0. The van der Waals surface area contributed by atoms with E-state index >= 15 is 0 Å². The van der Waals surface area contributed by atoms with Crippen molar-refractivity contribution < 1.29 is 24.5 Å². The van der Waals surface area contributed by atoms with E-state index in [1.54, 1.807) is 0 Å². The first kappa shape index (κ1) is 56.0. The molecular formula is C53H91NO5. The minimum Gasteiger partial charge on any atom is -0.462 e. The maximum Gasteiger partial charge on any atom is 0.306 e. The average molecular weight is 822 g/mol. The molecule has 0 aromatic rings. The van der Waals surface area contributed by atoms with E-state index in [1.807, 2.05) is 30.4 Å². The second kappa shape index (κ2) is 46.1. The summed E-state index contributed by atoms with van der Waals surface area (Å²) < 4.78 is 5.89. The lowest BCUT2D eigenvalue weighted by Gasteiger charge is -2.24. The monoisotopic (exact) mass is 822 g/mol. The largest absolute Gasteiger partial charge is 0.462 e. The Morgan fingerprint density at radius 2 is 0.915 bits per heavy atom. The summed E-state index contributed by atoms with van der Waals surface area (Å²) in [5.41, 5.74) is 0. The molecule has 3 unspecified atom stereocenters. The standard InChI is InChI=1S/C53H91NO5/c1-4-7-10-13-16-19-22-25-28-30-33-36-39-42-45-51(56)50(48-55)54-52(57)47-49(44-41-38-35-32-29-26-23-20-17-14-11-8-5-2)59-53(58)46-43-40-37-34-31-27-24-21-18-15-12-9-6-3/h8-9,11-12,14-15,17-18,20-21,23-24,27,31,49-51,55-56H,4-7,10,13,16,19,22,25-26,28-30,32-48H2,1-3H3,(H,54,57)/b11-8+,12-9+,17-14+,18-15+,23-20+,24-21-,31-27-. The Balaban J connectivity index is 4.67. The molecule has 3 N–H and O–H groups in total. The summed E-state index contributed by atoms with van der Waals surface area (Å²) in [6.07, 6.45) is 59.2. The fourth-order valence-corrected chi connectivity index (χ4v) is 6.97. The Morgan fingerprint density at radius 3 is 1.39 bits per heavy atom. The molecule has 338 valence electrons. The molecule has 1 amide bonds. The smallest absolute Gasteiger partial charge is 0.306 e. The van der Waals surface area contributed by atoms with Gasteiger partial charge in [-0.15, -0.1) is 0 Å². The quantitative estimate of drug-likeness (QED) is 0.0324. The van der Waals surface area contributed by atoms with Crippen LogP contribution >= 0.6 is 0 Å². The van der Waals surface area contributed by atoms with Gasteiger partial charge in [-0.2, -0.15) is 0 Å². The van der Waals surface area contributed by atoms with Crippen LogP contribution in [0.25, 0.3) is 0 Å². The minimum atomic E-state index is -0.804. The van der Waals surface area contributed by atoms with E-state index in [9.17, 15) is 19.8 Å². The number of carbonyl (C=O) groups excluding carboxylic acids is 2. The highest BCUT2D eigenvalue weighted by Crippen LogP contribution is 2.17. The number of aliphatic hydroxyl groups is 2. The summed E-state index contributed by atoms with van der Waals surface area (Å²) in [4.78, 5) is 26.1. The van der Waals surface area contributed by atoms with E-state index in [1.165, 1.54) is 70.6 Å². The van der Waals surface area contributed by atoms with Gasteiger partial charge in [0.25, 0.3) is 0 Å². The van der Waals surface area contributed by atoms with Crippen LogP contribution in [-0.4, -0.2) is 46.9 Å². The molecule has 0 saturated heterocycles.